The average Bonchev–Trinajstić information content (AvgIpc) is 2.37. The van der Waals surface area contributed by atoms with Crippen LogP contribution in [-0.4, -0.2) is 8.42 Å². The van der Waals surface area contributed by atoms with E-state index in [4.69, 9.17) is 46.4 Å². The normalized spacial score (nSPS) is 11.6. The van der Waals surface area contributed by atoms with Crippen LogP contribution in [0.3, 0.4) is 0 Å². The van der Waals surface area contributed by atoms with E-state index in [1.165, 1.54) is 18.2 Å². The first-order chi connectivity index (χ1) is 8.85. The molecule has 0 amide bonds. The van der Waals surface area contributed by atoms with Gasteiger partial charge in [-0.05, 0) is 18.2 Å². The molecule has 0 radical (unpaired) electrons. The van der Waals surface area contributed by atoms with Crippen molar-refractivity contribution in [2.45, 2.75) is 9.79 Å². The summed E-state index contributed by atoms with van der Waals surface area (Å²) in [5.41, 5.74) is 0. The van der Waals surface area contributed by atoms with E-state index in [0.717, 1.165) is 0 Å². The van der Waals surface area contributed by atoms with Gasteiger partial charge in [-0.25, -0.2) is 8.42 Å². The minimum absolute atomic E-state index is 0.0396. The molecule has 0 fully saturated rings. The van der Waals surface area contributed by atoms with E-state index in [1.54, 1.807) is 18.2 Å². The van der Waals surface area contributed by atoms with Crippen molar-refractivity contribution in [3.63, 3.8) is 0 Å². The van der Waals surface area contributed by atoms with Crippen molar-refractivity contribution < 1.29 is 8.42 Å². The Hall–Kier alpha value is -0.450. The first-order valence-electron chi connectivity index (χ1n) is 4.99. The van der Waals surface area contributed by atoms with Crippen LogP contribution in [0.1, 0.15) is 0 Å². The largest absolute Gasteiger partial charge is 0.218 e. The Morgan fingerprint density at radius 3 is 1.95 bits per heavy atom. The molecular weight excluding hydrogens is 350 g/mol. The lowest BCUT2D eigenvalue weighted by molar-refractivity contribution is 0.596. The molecule has 0 atom stereocenters. The zero-order valence-electron chi connectivity index (χ0n) is 9.20. The average molecular weight is 356 g/mol. The maximum atomic E-state index is 12.5. The van der Waals surface area contributed by atoms with Gasteiger partial charge in [-0.2, -0.15) is 0 Å². The molecule has 0 aliphatic heterocycles. The summed E-state index contributed by atoms with van der Waals surface area (Å²) in [6.45, 7) is 0. The van der Waals surface area contributed by atoms with Crippen LogP contribution in [0, 0.1) is 0 Å². The van der Waals surface area contributed by atoms with Crippen molar-refractivity contribution in [1.82, 2.24) is 0 Å². The molecule has 0 bridgehead atoms. The fourth-order valence-electron chi connectivity index (χ4n) is 1.51. The summed E-state index contributed by atoms with van der Waals surface area (Å²) in [4.78, 5) is -0.159. The van der Waals surface area contributed by atoms with E-state index in [-0.39, 0.29) is 29.9 Å². The quantitative estimate of drug-likeness (QED) is 0.552. The molecule has 0 aliphatic rings. The highest BCUT2D eigenvalue weighted by Crippen LogP contribution is 2.41. The third-order valence-corrected chi connectivity index (χ3v) is 6.03. The molecule has 2 aromatic carbocycles. The zero-order chi connectivity index (χ0) is 14.2. The standard InChI is InChI=1S/C12H6Cl4O2S/c13-8-6-9(14)12(11(16)10(8)15)19(17,18)7-4-2-1-3-5-7/h1-6H. The van der Waals surface area contributed by atoms with Gasteiger partial charge in [0.25, 0.3) is 0 Å². The molecule has 0 spiro atoms. The van der Waals surface area contributed by atoms with Crippen LogP contribution >= 0.6 is 46.4 Å². The molecule has 0 aromatic heterocycles. The second-order valence-corrected chi connectivity index (χ2v) is 7.07. The molecule has 2 nitrogen and oxygen atoms in total. The summed E-state index contributed by atoms with van der Waals surface area (Å²) in [6, 6.07) is 9.07. The Morgan fingerprint density at radius 1 is 0.789 bits per heavy atom. The fourth-order valence-corrected chi connectivity index (χ4v) is 4.50. The molecule has 2 rings (SSSR count). The van der Waals surface area contributed by atoms with E-state index in [1.807, 2.05) is 0 Å². The van der Waals surface area contributed by atoms with E-state index in [0.29, 0.717) is 0 Å². The van der Waals surface area contributed by atoms with Gasteiger partial charge in [-0.3, -0.25) is 0 Å². The van der Waals surface area contributed by atoms with Crippen molar-refractivity contribution >= 4 is 56.2 Å². The summed E-state index contributed by atoms with van der Waals surface area (Å²) < 4.78 is 24.9. The molecule has 7 heteroatoms. The molecule has 100 valence electrons. The number of sulfone groups is 1. The van der Waals surface area contributed by atoms with Crippen molar-refractivity contribution in [3.8, 4) is 0 Å². The molecule has 19 heavy (non-hydrogen) atoms. The van der Waals surface area contributed by atoms with Crippen LogP contribution in [0.25, 0.3) is 0 Å². The number of benzene rings is 2. The smallest absolute Gasteiger partial charge is 0.209 e. The van der Waals surface area contributed by atoms with Crippen LogP contribution in [0.4, 0.5) is 0 Å². The summed E-state index contributed by atoms with van der Waals surface area (Å²) in [6.07, 6.45) is 0. The van der Waals surface area contributed by atoms with E-state index < -0.39 is 9.84 Å². The van der Waals surface area contributed by atoms with E-state index in [2.05, 4.69) is 0 Å². The summed E-state index contributed by atoms with van der Waals surface area (Å²) in [5.74, 6) is 0. The van der Waals surface area contributed by atoms with Crippen molar-refractivity contribution in [3.05, 3.63) is 56.5 Å². The van der Waals surface area contributed by atoms with Crippen LogP contribution in [-0.2, 0) is 9.84 Å². The minimum Gasteiger partial charge on any atom is -0.218 e. The second-order valence-electron chi connectivity index (χ2n) is 3.61. The van der Waals surface area contributed by atoms with Gasteiger partial charge in [-0.1, -0.05) is 64.6 Å². The molecule has 0 unspecified atom stereocenters. The summed E-state index contributed by atoms with van der Waals surface area (Å²) in [5, 5.41) is -0.183. The molecular formula is C12H6Cl4O2S. The van der Waals surface area contributed by atoms with E-state index >= 15 is 0 Å². The SMILES string of the molecule is O=S(=O)(c1ccccc1)c1c(Cl)cc(Cl)c(Cl)c1Cl. The number of hydrogen-bond donors (Lipinski definition) is 0. The van der Waals surface area contributed by atoms with Crippen LogP contribution in [0.15, 0.2) is 46.2 Å². The van der Waals surface area contributed by atoms with Crippen LogP contribution in [0.2, 0.25) is 20.1 Å². The molecule has 2 aromatic rings. The molecule has 0 N–H and O–H groups in total. The lowest BCUT2D eigenvalue weighted by Gasteiger charge is -2.11. The second kappa shape index (κ2) is 5.51. The minimum atomic E-state index is -3.85. The van der Waals surface area contributed by atoms with Gasteiger partial charge in [0.2, 0.25) is 9.84 Å². The Balaban J connectivity index is 2.77. The highest BCUT2D eigenvalue weighted by molar-refractivity contribution is 7.91. The van der Waals surface area contributed by atoms with Gasteiger partial charge in [0, 0.05) is 0 Å². The Kier molecular flexibility index (Phi) is 4.33. The van der Waals surface area contributed by atoms with Crippen LogP contribution < -0.4 is 0 Å². The maximum absolute atomic E-state index is 12.5. The van der Waals surface area contributed by atoms with Crippen molar-refractivity contribution in [1.29, 1.82) is 0 Å². The third kappa shape index (κ3) is 2.71. The van der Waals surface area contributed by atoms with Crippen molar-refractivity contribution in [2.75, 3.05) is 0 Å². The maximum Gasteiger partial charge on any atom is 0.209 e. The molecule has 0 aliphatic carbocycles. The van der Waals surface area contributed by atoms with Gasteiger partial charge in [0.05, 0.1) is 25.0 Å². The first-order valence-corrected chi connectivity index (χ1v) is 7.98. The van der Waals surface area contributed by atoms with Gasteiger partial charge in [0.1, 0.15) is 4.90 Å². The third-order valence-electron chi connectivity index (χ3n) is 2.39. The number of hydrogen-bond acceptors (Lipinski definition) is 2. The van der Waals surface area contributed by atoms with E-state index in [9.17, 15) is 8.42 Å². The monoisotopic (exact) mass is 354 g/mol. The fraction of sp³-hybridized carbons (Fsp3) is 0. The summed E-state index contributed by atoms with van der Waals surface area (Å²) >= 11 is 23.5. The Bertz CT molecular complexity index is 727. The number of halogens is 4. The zero-order valence-corrected chi connectivity index (χ0v) is 13.0. The molecule has 0 saturated heterocycles. The topological polar surface area (TPSA) is 34.1 Å². The number of rotatable bonds is 2. The van der Waals surface area contributed by atoms with Gasteiger partial charge in [-0.15, -0.1) is 0 Å². The first kappa shape index (κ1) is 14.9. The van der Waals surface area contributed by atoms with Crippen molar-refractivity contribution in [2.24, 2.45) is 0 Å². The van der Waals surface area contributed by atoms with Gasteiger partial charge in [0.15, 0.2) is 0 Å². The molecule has 0 saturated carbocycles. The predicted octanol–water partition coefficient (Wildman–Crippen LogP) is 5.13. The lowest BCUT2D eigenvalue weighted by atomic mass is 10.3. The van der Waals surface area contributed by atoms with Gasteiger partial charge < -0.3 is 0 Å². The highest BCUT2D eigenvalue weighted by atomic mass is 35.5. The van der Waals surface area contributed by atoms with Crippen LogP contribution in [0.5, 0.6) is 0 Å². The predicted molar refractivity (Wildman–Crippen MR) is 78.4 cm³/mol. The Morgan fingerprint density at radius 2 is 1.37 bits per heavy atom. The Labute approximate surface area is 130 Å². The highest BCUT2D eigenvalue weighted by Gasteiger charge is 2.26. The lowest BCUT2D eigenvalue weighted by Crippen LogP contribution is -2.04. The van der Waals surface area contributed by atoms with Gasteiger partial charge >= 0.3 is 0 Å². The molecule has 0 heterocycles. The summed E-state index contributed by atoms with van der Waals surface area (Å²) in [7, 11) is -3.85.